The predicted octanol–water partition coefficient (Wildman–Crippen LogP) is 1.54. The molecule has 1 heterocycles. The minimum atomic E-state index is -0.498. The third-order valence-corrected chi connectivity index (χ3v) is 2.95. The number of amides is 1. The van der Waals surface area contributed by atoms with Crippen LogP contribution in [0.1, 0.15) is 5.69 Å². The van der Waals surface area contributed by atoms with Gasteiger partial charge in [0.15, 0.2) is 0 Å². The van der Waals surface area contributed by atoms with Gasteiger partial charge in [0.1, 0.15) is 12.4 Å². The van der Waals surface area contributed by atoms with Crippen LogP contribution >= 0.6 is 15.9 Å². The Morgan fingerprint density at radius 1 is 1.50 bits per heavy atom. The van der Waals surface area contributed by atoms with E-state index in [0.29, 0.717) is 11.0 Å². The molecule has 0 aliphatic carbocycles. The first-order valence-corrected chi connectivity index (χ1v) is 6.66. The molecule has 0 aliphatic rings. The van der Waals surface area contributed by atoms with E-state index in [4.69, 9.17) is 0 Å². The van der Waals surface area contributed by atoms with Crippen molar-refractivity contribution in [1.82, 2.24) is 20.3 Å². The zero-order chi connectivity index (χ0) is 14.5. The third-order valence-electron chi connectivity index (χ3n) is 2.45. The Morgan fingerprint density at radius 3 is 3.00 bits per heavy atom. The SMILES string of the molecule is CNCc1cn(CC(=O)Nc2ccc(Br)cc2F)nn1. The summed E-state index contributed by atoms with van der Waals surface area (Å²) in [5.74, 6) is -0.866. The lowest BCUT2D eigenvalue weighted by Gasteiger charge is -2.06. The van der Waals surface area contributed by atoms with Gasteiger partial charge in [-0.2, -0.15) is 0 Å². The second-order valence-corrected chi connectivity index (χ2v) is 5.03. The summed E-state index contributed by atoms with van der Waals surface area (Å²) in [4.78, 5) is 11.8. The van der Waals surface area contributed by atoms with Crippen LogP contribution in [0.25, 0.3) is 0 Å². The number of halogens is 2. The van der Waals surface area contributed by atoms with E-state index in [0.717, 1.165) is 5.69 Å². The molecule has 0 aliphatic heterocycles. The maximum absolute atomic E-state index is 13.6. The van der Waals surface area contributed by atoms with Crippen LogP contribution in [0.5, 0.6) is 0 Å². The topological polar surface area (TPSA) is 71.8 Å². The summed E-state index contributed by atoms with van der Waals surface area (Å²) in [5, 5.41) is 13.1. The van der Waals surface area contributed by atoms with Crippen LogP contribution in [0.4, 0.5) is 10.1 Å². The van der Waals surface area contributed by atoms with E-state index in [-0.39, 0.29) is 18.1 Å². The van der Waals surface area contributed by atoms with Gasteiger partial charge in [-0.3, -0.25) is 4.79 Å². The van der Waals surface area contributed by atoms with Crippen molar-refractivity contribution in [3.8, 4) is 0 Å². The molecular formula is C12H13BrFN5O. The molecule has 1 amide bonds. The van der Waals surface area contributed by atoms with Gasteiger partial charge in [-0.05, 0) is 25.2 Å². The van der Waals surface area contributed by atoms with Gasteiger partial charge >= 0.3 is 0 Å². The largest absolute Gasteiger partial charge is 0.322 e. The van der Waals surface area contributed by atoms with Gasteiger partial charge in [0.05, 0.1) is 17.6 Å². The first-order chi connectivity index (χ1) is 9.58. The predicted molar refractivity (Wildman–Crippen MR) is 75.5 cm³/mol. The normalized spacial score (nSPS) is 10.6. The summed E-state index contributed by atoms with van der Waals surface area (Å²) >= 11 is 3.15. The molecule has 0 bridgehead atoms. The maximum Gasteiger partial charge on any atom is 0.246 e. The van der Waals surface area contributed by atoms with E-state index >= 15 is 0 Å². The van der Waals surface area contributed by atoms with Crippen molar-refractivity contribution in [3.63, 3.8) is 0 Å². The van der Waals surface area contributed by atoms with Crippen molar-refractivity contribution in [2.24, 2.45) is 0 Å². The van der Waals surface area contributed by atoms with Gasteiger partial charge in [0.2, 0.25) is 5.91 Å². The van der Waals surface area contributed by atoms with Crippen LogP contribution in [-0.4, -0.2) is 27.9 Å². The molecule has 0 spiro atoms. The first kappa shape index (κ1) is 14.6. The Hall–Kier alpha value is -1.80. The fourth-order valence-corrected chi connectivity index (χ4v) is 1.94. The molecule has 1 aromatic carbocycles. The molecule has 0 fully saturated rings. The summed E-state index contributed by atoms with van der Waals surface area (Å²) in [6.45, 7) is 0.551. The minimum absolute atomic E-state index is 0.0216. The maximum atomic E-state index is 13.6. The monoisotopic (exact) mass is 341 g/mol. The van der Waals surface area contributed by atoms with Gasteiger partial charge in [-0.1, -0.05) is 21.1 Å². The number of hydrogen-bond donors (Lipinski definition) is 2. The molecule has 0 unspecified atom stereocenters. The Morgan fingerprint density at radius 2 is 2.30 bits per heavy atom. The summed E-state index contributed by atoms with van der Waals surface area (Å²) in [5.41, 5.74) is 0.865. The van der Waals surface area contributed by atoms with Crippen molar-refractivity contribution >= 4 is 27.5 Å². The molecule has 0 saturated carbocycles. The van der Waals surface area contributed by atoms with Crippen molar-refractivity contribution in [2.45, 2.75) is 13.1 Å². The number of nitrogens with one attached hydrogen (secondary N) is 2. The van der Waals surface area contributed by atoms with E-state index in [2.05, 4.69) is 36.9 Å². The number of carbonyl (C=O) groups excluding carboxylic acids is 1. The fraction of sp³-hybridized carbons (Fsp3) is 0.250. The number of anilines is 1. The van der Waals surface area contributed by atoms with E-state index in [1.165, 1.54) is 16.8 Å². The van der Waals surface area contributed by atoms with Crippen LogP contribution in [-0.2, 0) is 17.9 Å². The van der Waals surface area contributed by atoms with Crippen LogP contribution in [0.2, 0.25) is 0 Å². The number of carbonyl (C=O) groups is 1. The van der Waals surface area contributed by atoms with Gasteiger partial charge < -0.3 is 10.6 Å². The molecule has 2 rings (SSSR count). The quantitative estimate of drug-likeness (QED) is 0.865. The van der Waals surface area contributed by atoms with Crippen LogP contribution < -0.4 is 10.6 Å². The summed E-state index contributed by atoms with van der Waals surface area (Å²) in [7, 11) is 1.79. The van der Waals surface area contributed by atoms with Crippen molar-refractivity contribution in [1.29, 1.82) is 0 Å². The highest BCUT2D eigenvalue weighted by atomic mass is 79.9. The summed E-state index contributed by atoms with van der Waals surface area (Å²) in [6, 6.07) is 4.43. The van der Waals surface area contributed by atoms with Crippen LogP contribution in [0.15, 0.2) is 28.9 Å². The fourth-order valence-electron chi connectivity index (χ4n) is 1.61. The number of hydrogen-bond acceptors (Lipinski definition) is 4. The van der Waals surface area contributed by atoms with Crippen molar-refractivity contribution in [3.05, 3.63) is 40.4 Å². The molecule has 0 saturated heterocycles. The molecule has 2 aromatic rings. The lowest BCUT2D eigenvalue weighted by atomic mass is 10.3. The average molecular weight is 342 g/mol. The molecule has 0 atom stereocenters. The zero-order valence-electron chi connectivity index (χ0n) is 10.7. The Kier molecular flexibility index (Phi) is 4.80. The lowest BCUT2D eigenvalue weighted by Crippen LogP contribution is -2.19. The number of nitrogens with zero attached hydrogens (tertiary/aromatic N) is 3. The highest BCUT2D eigenvalue weighted by Crippen LogP contribution is 2.19. The van der Waals surface area contributed by atoms with Gasteiger partial charge in [0.25, 0.3) is 0 Å². The molecule has 0 radical (unpaired) electrons. The van der Waals surface area contributed by atoms with E-state index in [1.54, 1.807) is 19.3 Å². The third kappa shape index (κ3) is 3.84. The van der Waals surface area contributed by atoms with Crippen LogP contribution in [0.3, 0.4) is 0 Å². The molecule has 8 heteroatoms. The van der Waals surface area contributed by atoms with Gasteiger partial charge in [0, 0.05) is 11.0 Å². The summed E-state index contributed by atoms with van der Waals surface area (Å²) in [6.07, 6.45) is 1.66. The number of aromatic nitrogens is 3. The van der Waals surface area contributed by atoms with Crippen molar-refractivity contribution < 1.29 is 9.18 Å². The Bertz CT molecular complexity index is 616. The molecule has 1 aromatic heterocycles. The number of benzene rings is 1. The molecule has 2 N–H and O–H groups in total. The van der Waals surface area contributed by atoms with Crippen molar-refractivity contribution in [2.75, 3.05) is 12.4 Å². The van der Waals surface area contributed by atoms with E-state index in [9.17, 15) is 9.18 Å². The van der Waals surface area contributed by atoms with Gasteiger partial charge in [-0.15, -0.1) is 5.10 Å². The second-order valence-electron chi connectivity index (χ2n) is 4.11. The summed E-state index contributed by atoms with van der Waals surface area (Å²) < 4.78 is 15.6. The lowest BCUT2D eigenvalue weighted by molar-refractivity contribution is -0.116. The number of rotatable bonds is 5. The van der Waals surface area contributed by atoms with E-state index < -0.39 is 5.82 Å². The van der Waals surface area contributed by atoms with E-state index in [1.807, 2.05) is 0 Å². The standard InChI is InChI=1S/C12H13BrFN5O/c1-15-5-9-6-19(18-17-9)7-12(20)16-11-3-2-8(13)4-10(11)14/h2-4,6,15H,5,7H2,1H3,(H,16,20). The molecule has 20 heavy (non-hydrogen) atoms. The second kappa shape index (κ2) is 6.58. The zero-order valence-corrected chi connectivity index (χ0v) is 12.3. The molecule has 6 nitrogen and oxygen atoms in total. The Labute approximate surface area is 123 Å². The first-order valence-electron chi connectivity index (χ1n) is 5.87. The van der Waals surface area contributed by atoms with Gasteiger partial charge in [-0.25, -0.2) is 9.07 Å². The average Bonchev–Trinajstić information content (AvgIpc) is 2.81. The Balaban J connectivity index is 1.97. The molecule has 106 valence electrons. The highest BCUT2D eigenvalue weighted by Gasteiger charge is 2.09. The minimum Gasteiger partial charge on any atom is -0.322 e. The highest BCUT2D eigenvalue weighted by molar-refractivity contribution is 9.10. The molecular weight excluding hydrogens is 329 g/mol. The van der Waals surface area contributed by atoms with Crippen LogP contribution in [0, 0.1) is 5.82 Å². The smallest absolute Gasteiger partial charge is 0.246 e.